The number of methoxy groups -OCH3 is 1. The lowest BCUT2D eigenvalue weighted by molar-refractivity contribution is 0.0887. The van der Waals surface area contributed by atoms with Gasteiger partial charge in [0.25, 0.3) is 0 Å². The summed E-state index contributed by atoms with van der Waals surface area (Å²) >= 11 is 0. The molecule has 1 atom stereocenters. The predicted octanol–water partition coefficient (Wildman–Crippen LogP) is 2.29. The number of benzene rings is 1. The maximum atomic E-state index is 12.5. The number of carbonyl (C=O) groups is 1. The summed E-state index contributed by atoms with van der Waals surface area (Å²) < 4.78 is 5.20. The zero-order valence-corrected chi connectivity index (χ0v) is 13.3. The van der Waals surface area contributed by atoms with Crippen LogP contribution in [0.25, 0.3) is 0 Å². The van der Waals surface area contributed by atoms with Gasteiger partial charge in [-0.15, -0.1) is 0 Å². The number of Topliss-reactive ketones (excluding diaryl/α,β-unsaturated/α-hetero) is 1. The van der Waals surface area contributed by atoms with Gasteiger partial charge < -0.3 is 9.64 Å². The Morgan fingerprint density at radius 2 is 2.19 bits per heavy atom. The highest BCUT2D eigenvalue weighted by molar-refractivity contribution is 5.98. The Hall–Kier alpha value is -1.39. The minimum atomic E-state index is 0.178. The van der Waals surface area contributed by atoms with E-state index in [0.29, 0.717) is 12.6 Å². The summed E-state index contributed by atoms with van der Waals surface area (Å²) in [4.78, 5) is 17.2. The van der Waals surface area contributed by atoms with Crippen LogP contribution in [0.15, 0.2) is 24.3 Å². The lowest BCUT2D eigenvalue weighted by Gasteiger charge is -2.29. The average molecular weight is 290 g/mol. The number of ketones is 1. The van der Waals surface area contributed by atoms with E-state index >= 15 is 0 Å². The number of ether oxygens (including phenoxy) is 1. The Balaban J connectivity index is 2.06. The minimum absolute atomic E-state index is 0.178. The van der Waals surface area contributed by atoms with Crippen molar-refractivity contribution in [2.45, 2.75) is 25.8 Å². The predicted molar refractivity (Wildman–Crippen MR) is 85.1 cm³/mol. The van der Waals surface area contributed by atoms with Gasteiger partial charge in [-0.2, -0.15) is 0 Å². The van der Waals surface area contributed by atoms with Crippen LogP contribution in [0.1, 0.15) is 30.1 Å². The first-order valence-corrected chi connectivity index (χ1v) is 7.74. The molecule has 0 spiro atoms. The van der Waals surface area contributed by atoms with Gasteiger partial charge in [0.15, 0.2) is 5.78 Å². The molecule has 1 fully saturated rings. The van der Waals surface area contributed by atoms with Crippen molar-refractivity contribution in [2.24, 2.45) is 0 Å². The highest BCUT2D eigenvalue weighted by Gasteiger charge is 2.24. The zero-order chi connectivity index (χ0) is 15.2. The summed E-state index contributed by atoms with van der Waals surface area (Å²) in [5.41, 5.74) is 0.738. The second-order valence-corrected chi connectivity index (χ2v) is 5.80. The zero-order valence-electron chi connectivity index (χ0n) is 13.3. The van der Waals surface area contributed by atoms with Gasteiger partial charge in [-0.25, -0.2) is 0 Å². The number of rotatable bonds is 5. The smallest absolute Gasteiger partial charge is 0.176 e. The fourth-order valence-electron chi connectivity index (χ4n) is 2.96. The molecule has 116 valence electrons. The Bertz CT molecular complexity index is 476. The van der Waals surface area contributed by atoms with Gasteiger partial charge in [0.05, 0.1) is 13.7 Å². The van der Waals surface area contributed by atoms with E-state index in [0.717, 1.165) is 43.8 Å². The lowest BCUT2D eigenvalue weighted by atomic mass is 10.1. The molecule has 1 unspecified atom stereocenters. The van der Waals surface area contributed by atoms with Crippen LogP contribution in [0.4, 0.5) is 0 Å². The van der Waals surface area contributed by atoms with Crippen molar-refractivity contribution >= 4 is 5.78 Å². The van der Waals surface area contributed by atoms with Crippen molar-refractivity contribution in [3.05, 3.63) is 29.8 Å². The van der Waals surface area contributed by atoms with Crippen molar-refractivity contribution in [1.82, 2.24) is 9.80 Å². The largest absolute Gasteiger partial charge is 0.497 e. The first-order valence-electron chi connectivity index (χ1n) is 7.74. The van der Waals surface area contributed by atoms with Crippen LogP contribution in [-0.2, 0) is 0 Å². The van der Waals surface area contributed by atoms with Crippen LogP contribution in [0.2, 0.25) is 0 Å². The molecule has 1 aliphatic rings. The molecular weight excluding hydrogens is 264 g/mol. The molecule has 0 saturated carbocycles. The first-order chi connectivity index (χ1) is 10.1. The van der Waals surface area contributed by atoms with Crippen LogP contribution >= 0.6 is 0 Å². The third-order valence-electron chi connectivity index (χ3n) is 4.23. The molecule has 2 rings (SSSR count). The average Bonchev–Trinajstić information content (AvgIpc) is 2.68. The lowest BCUT2D eigenvalue weighted by Crippen LogP contribution is -2.42. The van der Waals surface area contributed by atoms with E-state index in [9.17, 15) is 4.79 Å². The van der Waals surface area contributed by atoms with Crippen molar-refractivity contribution in [3.63, 3.8) is 0 Å². The third kappa shape index (κ3) is 4.29. The molecule has 4 heteroatoms. The first kappa shape index (κ1) is 16.0. The molecule has 1 saturated heterocycles. The molecule has 21 heavy (non-hydrogen) atoms. The molecule has 1 aromatic rings. The number of likely N-dealkylation sites (N-methyl/N-ethyl adjacent to an activating group) is 1. The number of nitrogens with zero attached hydrogens (tertiary/aromatic N) is 2. The standard InChI is InChI=1S/C17H26N2O2/c1-4-15-12-18(2)9-6-10-19(15)13-17(20)14-7-5-8-16(11-14)21-3/h5,7-8,11,15H,4,6,9-10,12-13H2,1-3H3. The molecule has 0 radical (unpaired) electrons. The molecule has 4 nitrogen and oxygen atoms in total. The quantitative estimate of drug-likeness (QED) is 0.779. The number of hydrogen-bond acceptors (Lipinski definition) is 4. The van der Waals surface area contributed by atoms with Crippen molar-refractivity contribution in [1.29, 1.82) is 0 Å². The summed E-state index contributed by atoms with van der Waals surface area (Å²) in [5, 5.41) is 0. The van der Waals surface area contributed by atoms with Gasteiger partial charge in [0.1, 0.15) is 5.75 Å². The van der Waals surface area contributed by atoms with Gasteiger partial charge in [-0.05, 0) is 38.6 Å². The molecule has 0 N–H and O–H groups in total. The second-order valence-electron chi connectivity index (χ2n) is 5.80. The summed E-state index contributed by atoms with van der Waals surface area (Å²) in [6, 6.07) is 7.90. The fourth-order valence-corrected chi connectivity index (χ4v) is 2.96. The summed E-state index contributed by atoms with van der Waals surface area (Å²) in [6.07, 6.45) is 2.20. The minimum Gasteiger partial charge on any atom is -0.497 e. The Labute approximate surface area is 127 Å². The summed E-state index contributed by atoms with van der Waals surface area (Å²) in [5.74, 6) is 0.917. The maximum Gasteiger partial charge on any atom is 0.176 e. The van der Waals surface area contributed by atoms with Gasteiger partial charge in [-0.3, -0.25) is 9.69 Å². The third-order valence-corrected chi connectivity index (χ3v) is 4.23. The Kier molecular flexibility index (Phi) is 5.76. The van der Waals surface area contributed by atoms with Gasteiger partial charge in [0.2, 0.25) is 0 Å². The highest BCUT2D eigenvalue weighted by atomic mass is 16.5. The van der Waals surface area contributed by atoms with Crippen molar-refractivity contribution in [3.8, 4) is 5.75 Å². The topological polar surface area (TPSA) is 32.8 Å². The van der Waals surface area contributed by atoms with E-state index in [-0.39, 0.29) is 5.78 Å². The van der Waals surface area contributed by atoms with Gasteiger partial charge in [-0.1, -0.05) is 19.1 Å². The van der Waals surface area contributed by atoms with Crippen molar-refractivity contribution in [2.75, 3.05) is 40.3 Å². The van der Waals surface area contributed by atoms with E-state index in [4.69, 9.17) is 4.74 Å². The second kappa shape index (κ2) is 7.57. The fraction of sp³-hybridized carbons (Fsp3) is 0.588. The molecule has 0 aliphatic carbocycles. The van der Waals surface area contributed by atoms with E-state index in [2.05, 4.69) is 23.8 Å². The molecule has 1 aromatic carbocycles. The molecule has 0 amide bonds. The Morgan fingerprint density at radius 3 is 2.90 bits per heavy atom. The monoisotopic (exact) mass is 290 g/mol. The molecule has 1 aliphatic heterocycles. The molecule has 1 heterocycles. The molecule has 0 aromatic heterocycles. The van der Waals surface area contributed by atoms with Crippen molar-refractivity contribution < 1.29 is 9.53 Å². The molecule has 0 bridgehead atoms. The van der Waals surface area contributed by atoms with Crippen LogP contribution in [0.3, 0.4) is 0 Å². The normalized spacial score (nSPS) is 21.0. The van der Waals surface area contributed by atoms with Crippen LogP contribution in [-0.4, -0.2) is 62.0 Å². The van der Waals surface area contributed by atoms with Gasteiger partial charge >= 0.3 is 0 Å². The van der Waals surface area contributed by atoms with E-state index in [1.165, 1.54) is 0 Å². The number of carbonyl (C=O) groups excluding carboxylic acids is 1. The van der Waals surface area contributed by atoms with Crippen LogP contribution in [0.5, 0.6) is 5.75 Å². The van der Waals surface area contributed by atoms with E-state index in [1.807, 2.05) is 24.3 Å². The van der Waals surface area contributed by atoms with Gasteiger partial charge in [0, 0.05) is 24.7 Å². The Morgan fingerprint density at radius 1 is 1.38 bits per heavy atom. The van der Waals surface area contributed by atoms with Crippen LogP contribution in [0, 0.1) is 0 Å². The molecular formula is C17H26N2O2. The maximum absolute atomic E-state index is 12.5. The van der Waals surface area contributed by atoms with Crippen LogP contribution < -0.4 is 4.74 Å². The SMILES string of the molecule is CCC1CN(C)CCCN1CC(=O)c1cccc(OC)c1. The highest BCUT2D eigenvalue weighted by Crippen LogP contribution is 2.16. The summed E-state index contributed by atoms with van der Waals surface area (Å²) in [7, 11) is 3.79. The van der Waals surface area contributed by atoms with E-state index < -0.39 is 0 Å². The van der Waals surface area contributed by atoms with E-state index in [1.54, 1.807) is 7.11 Å². The number of hydrogen-bond donors (Lipinski definition) is 0. The summed E-state index contributed by atoms with van der Waals surface area (Å²) in [6.45, 7) is 5.85.